The van der Waals surface area contributed by atoms with E-state index in [4.69, 9.17) is 13.9 Å². The standard InChI is InChI=1S/C23H32N2O4/c1-5-28-22-18(4)23-20(17(3)15-29-23)14-19(22)16(2)13-21(26)24-7-6-8-25-9-11-27-12-10-25/h13-15H,5-12H2,1-4H3,(H,24,26)/b16-13+. The summed E-state index contributed by atoms with van der Waals surface area (Å²) < 4.78 is 17.0. The number of fused-ring (bicyclic) bond motifs is 1. The number of nitrogens with one attached hydrogen (secondary N) is 1. The van der Waals surface area contributed by atoms with E-state index in [1.807, 2.05) is 27.7 Å². The number of ether oxygens (including phenoxy) is 2. The maximum Gasteiger partial charge on any atom is 0.244 e. The molecule has 6 heteroatoms. The van der Waals surface area contributed by atoms with Crippen LogP contribution in [0.5, 0.6) is 5.75 Å². The van der Waals surface area contributed by atoms with Crippen LogP contribution >= 0.6 is 0 Å². The number of furan rings is 1. The van der Waals surface area contributed by atoms with Crippen molar-refractivity contribution in [3.05, 3.63) is 35.1 Å². The first-order chi connectivity index (χ1) is 14.0. The van der Waals surface area contributed by atoms with E-state index in [1.54, 1.807) is 12.3 Å². The number of carbonyl (C=O) groups excluding carboxylic acids is 1. The van der Waals surface area contributed by atoms with Gasteiger partial charge < -0.3 is 19.2 Å². The molecule has 6 nitrogen and oxygen atoms in total. The second-order valence-corrected chi connectivity index (χ2v) is 7.53. The monoisotopic (exact) mass is 400 g/mol. The maximum atomic E-state index is 12.4. The van der Waals surface area contributed by atoms with Crippen LogP contribution in [-0.4, -0.2) is 56.8 Å². The summed E-state index contributed by atoms with van der Waals surface area (Å²) in [5, 5.41) is 4.06. The van der Waals surface area contributed by atoms with Crippen LogP contribution < -0.4 is 10.1 Å². The number of nitrogens with zero attached hydrogens (tertiary/aromatic N) is 1. The average molecular weight is 401 g/mol. The van der Waals surface area contributed by atoms with Crippen molar-refractivity contribution in [2.75, 3.05) is 46.0 Å². The predicted octanol–water partition coefficient (Wildman–Crippen LogP) is 3.69. The lowest BCUT2D eigenvalue weighted by Gasteiger charge is -2.26. The number of allylic oxidation sites excluding steroid dienone is 1. The van der Waals surface area contributed by atoms with Crippen LogP contribution in [0.25, 0.3) is 16.5 Å². The Morgan fingerprint density at radius 1 is 1.31 bits per heavy atom. The largest absolute Gasteiger partial charge is 0.493 e. The van der Waals surface area contributed by atoms with Crippen molar-refractivity contribution >= 4 is 22.4 Å². The van der Waals surface area contributed by atoms with Gasteiger partial charge in [0.25, 0.3) is 0 Å². The lowest BCUT2D eigenvalue weighted by atomic mass is 9.98. The number of benzene rings is 1. The highest BCUT2D eigenvalue weighted by molar-refractivity contribution is 5.98. The van der Waals surface area contributed by atoms with Crippen LogP contribution in [0.3, 0.4) is 0 Å². The second-order valence-electron chi connectivity index (χ2n) is 7.53. The minimum atomic E-state index is -0.0754. The molecule has 1 aromatic heterocycles. The average Bonchev–Trinajstić information content (AvgIpc) is 3.09. The molecule has 2 aromatic rings. The Balaban J connectivity index is 1.67. The summed E-state index contributed by atoms with van der Waals surface area (Å²) in [6.45, 7) is 13.7. The van der Waals surface area contributed by atoms with E-state index in [-0.39, 0.29) is 5.91 Å². The van der Waals surface area contributed by atoms with Gasteiger partial charge in [0.15, 0.2) is 0 Å². The lowest BCUT2D eigenvalue weighted by Crippen LogP contribution is -2.38. The first-order valence-electron chi connectivity index (χ1n) is 10.4. The van der Waals surface area contributed by atoms with E-state index >= 15 is 0 Å². The zero-order valence-corrected chi connectivity index (χ0v) is 18.0. The van der Waals surface area contributed by atoms with Crippen molar-refractivity contribution in [2.45, 2.75) is 34.1 Å². The van der Waals surface area contributed by atoms with Crippen LogP contribution in [0.4, 0.5) is 0 Å². The van der Waals surface area contributed by atoms with Gasteiger partial charge in [-0.25, -0.2) is 0 Å². The summed E-state index contributed by atoms with van der Waals surface area (Å²) >= 11 is 0. The number of amides is 1. The molecule has 29 heavy (non-hydrogen) atoms. The summed E-state index contributed by atoms with van der Waals surface area (Å²) in [5.74, 6) is 0.705. The molecular formula is C23H32N2O4. The highest BCUT2D eigenvalue weighted by Crippen LogP contribution is 2.37. The van der Waals surface area contributed by atoms with Gasteiger partial charge >= 0.3 is 0 Å². The molecule has 1 aliphatic heterocycles. The summed E-state index contributed by atoms with van der Waals surface area (Å²) in [5.41, 5.74) is 4.70. The molecule has 1 amide bonds. The Morgan fingerprint density at radius 3 is 2.79 bits per heavy atom. The lowest BCUT2D eigenvalue weighted by molar-refractivity contribution is -0.116. The molecule has 2 heterocycles. The minimum absolute atomic E-state index is 0.0754. The summed E-state index contributed by atoms with van der Waals surface area (Å²) in [6.07, 6.45) is 4.35. The van der Waals surface area contributed by atoms with E-state index in [2.05, 4.69) is 16.3 Å². The molecule has 0 radical (unpaired) electrons. The van der Waals surface area contributed by atoms with Gasteiger partial charge in [-0.05, 0) is 57.9 Å². The van der Waals surface area contributed by atoms with Crippen LogP contribution in [0.15, 0.2) is 22.8 Å². The van der Waals surface area contributed by atoms with Crippen LogP contribution in [0.1, 0.15) is 37.0 Å². The SMILES string of the molecule is CCOc1c(/C(C)=C/C(=O)NCCCN2CCOCC2)cc2c(C)coc2c1C. The normalized spacial score (nSPS) is 15.7. The van der Waals surface area contributed by atoms with Crippen molar-refractivity contribution in [3.8, 4) is 5.75 Å². The van der Waals surface area contributed by atoms with Gasteiger partial charge in [0.2, 0.25) is 5.91 Å². The third kappa shape index (κ3) is 5.19. The molecule has 1 aromatic carbocycles. The molecule has 3 rings (SSSR count). The van der Waals surface area contributed by atoms with Crippen molar-refractivity contribution in [1.82, 2.24) is 10.2 Å². The number of aryl methyl sites for hydroxylation is 2. The summed E-state index contributed by atoms with van der Waals surface area (Å²) in [7, 11) is 0. The summed E-state index contributed by atoms with van der Waals surface area (Å²) in [4.78, 5) is 14.8. The molecule has 1 saturated heterocycles. The van der Waals surface area contributed by atoms with Gasteiger partial charge in [0, 0.05) is 42.2 Å². The number of morpholine rings is 1. The molecular weight excluding hydrogens is 368 g/mol. The third-order valence-corrected chi connectivity index (χ3v) is 5.35. The van der Waals surface area contributed by atoms with Crippen molar-refractivity contribution < 1.29 is 18.7 Å². The van der Waals surface area contributed by atoms with E-state index in [0.29, 0.717) is 13.2 Å². The molecule has 0 atom stereocenters. The Kier molecular flexibility index (Phi) is 7.34. The second kappa shape index (κ2) is 9.94. The number of hydrogen-bond acceptors (Lipinski definition) is 5. The molecule has 0 saturated carbocycles. The Labute approximate surface area is 172 Å². The Hall–Kier alpha value is -2.31. The number of hydrogen-bond donors (Lipinski definition) is 1. The highest BCUT2D eigenvalue weighted by Gasteiger charge is 2.17. The van der Waals surface area contributed by atoms with E-state index in [1.165, 1.54) is 0 Å². The topological polar surface area (TPSA) is 63.9 Å². The molecule has 0 spiro atoms. The number of rotatable bonds is 8. The van der Waals surface area contributed by atoms with E-state index in [9.17, 15) is 4.79 Å². The first kappa shape index (κ1) is 21.4. The predicted molar refractivity (Wildman–Crippen MR) is 115 cm³/mol. The molecule has 0 bridgehead atoms. The van der Waals surface area contributed by atoms with Gasteiger partial charge in [-0.3, -0.25) is 9.69 Å². The van der Waals surface area contributed by atoms with Crippen molar-refractivity contribution in [2.24, 2.45) is 0 Å². The quantitative estimate of drug-likeness (QED) is 0.541. The van der Waals surface area contributed by atoms with Crippen molar-refractivity contribution in [1.29, 1.82) is 0 Å². The van der Waals surface area contributed by atoms with Crippen LogP contribution in [0, 0.1) is 13.8 Å². The van der Waals surface area contributed by atoms with E-state index < -0.39 is 0 Å². The fraction of sp³-hybridized carbons (Fsp3) is 0.522. The zero-order valence-electron chi connectivity index (χ0n) is 18.0. The van der Waals surface area contributed by atoms with Crippen molar-refractivity contribution in [3.63, 3.8) is 0 Å². The van der Waals surface area contributed by atoms with Gasteiger partial charge in [-0.1, -0.05) is 0 Å². The Morgan fingerprint density at radius 2 is 2.07 bits per heavy atom. The molecule has 1 N–H and O–H groups in total. The fourth-order valence-electron chi connectivity index (χ4n) is 3.73. The third-order valence-electron chi connectivity index (χ3n) is 5.35. The fourth-order valence-corrected chi connectivity index (χ4v) is 3.73. The molecule has 0 unspecified atom stereocenters. The number of carbonyl (C=O) groups is 1. The van der Waals surface area contributed by atoms with Gasteiger partial charge in [-0.2, -0.15) is 0 Å². The maximum absolute atomic E-state index is 12.4. The molecule has 0 aliphatic carbocycles. The van der Waals surface area contributed by atoms with Gasteiger partial charge in [-0.15, -0.1) is 0 Å². The molecule has 1 fully saturated rings. The Bertz CT molecular complexity index is 879. The van der Waals surface area contributed by atoms with E-state index in [0.717, 1.165) is 78.3 Å². The van der Waals surface area contributed by atoms with Gasteiger partial charge in [0.05, 0.1) is 26.1 Å². The molecule has 158 valence electrons. The van der Waals surface area contributed by atoms with Gasteiger partial charge in [0.1, 0.15) is 11.3 Å². The minimum Gasteiger partial charge on any atom is -0.493 e. The first-order valence-corrected chi connectivity index (χ1v) is 10.4. The molecule has 1 aliphatic rings. The van der Waals surface area contributed by atoms with Crippen LogP contribution in [-0.2, 0) is 9.53 Å². The highest BCUT2D eigenvalue weighted by atomic mass is 16.5. The smallest absolute Gasteiger partial charge is 0.244 e. The summed E-state index contributed by atoms with van der Waals surface area (Å²) in [6, 6.07) is 2.06. The van der Waals surface area contributed by atoms with Crippen LogP contribution in [0.2, 0.25) is 0 Å². The zero-order chi connectivity index (χ0) is 20.8.